The van der Waals surface area contributed by atoms with Crippen LogP contribution in [0.4, 0.5) is 0 Å². The first-order valence-corrected chi connectivity index (χ1v) is 6.79. The third kappa shape index (κ3) is 2.61. The van der Waals surface area contributed by atoms with E-state index in [1.807, 2.05) is 12.1 Å². The highest BCUT2D eigenvalue weighted by molar-refractivity contribution is 5.92. The van der Waals surface area contributed by atoms with E-state index < -0.39 is 0 Å². The molecule has 0 aromatic heterocycles. The van der Waals surface area contributed by atoms with Gasteiger partial charge in [0.1, 0.15) is 6.29 Å². The number of carbonyl (C=O) groups is 1. The number of aldehydes is 1. The normalized spacial score (nSPS) is 10.8. The Morgan fingerprint density at radius 1 is 1.00 bits per heavy atom. The molecule has 18 heavy (non-hydrogen) atoms. The van der Waals surface area contributed by atoms with Crippen LogP contribution in [-0.2, 0) is 12.8 Å². The predicted octanol–water partition coefficient (Wildman–Crippen LogP) is 4.56. The Morgan fingerprint density at radius 3 is 2.44 bits per heavy atom. The minimum absolute atomic E-state index is 0.786. The second-order valence-electron chi connectivity index (χ2n) is 4.85. The van der Waals surface area contributed by atoms with Gasteiger partial charge < -0.3 is 0 Å². The lowest BCUT2D eigenvalue weighted by Crippen LogP contribution is -1.92. The molecule has 94 valence electrons. The number of carbonyl (C=O) groups excluding carboxylic acids is 1. The molecule has 2 aromatic rings. The highest BCUT2D eigenvalue weighted by atomic mass is 16.1. The van der Waals surface area contributed by atoms with Crippen LogP contribution in [0.3, 0.4) is 0 Å². The Bertz CT molecular complexity index is 555. The van der Waals surface area contributed by atoms with Crippen molar-refractivity contribution in [1.82, 2.24) is 0 Å². The van der Waals surface area contributed by atoms with Crippen LogP contribution in [-0.4, -0.2) is 6.29 Å². The van der Waals surface area contributed by atoms with Crippen molar-refractivity contribution >= 4 is 17.1 Å². The van der Waals surface area contributed by atoms with Gasteiger partial charge in [-0.1, -0.05) is 44.9 Å². The van der Waals surface area contributed by atoms with Crippen molar-refractivity contribution < 1.29 is 4.79 Å². The monoisotopic (exact) mass is 240 g/mol. The molecule has 0 spiro atoms. The zero-order valence-electron chi connectivity index (χ0n) is 11.2. The van der Waals surface area contributed by atoms with E-state index in [1.165, 1.54) is 28.3 Å². The molecule has 0 aliphatic carbocycles. The molecule has 0 fully saturated rings. The fourth-order valence-electron chi connectivity index (χ4n) is 2.50. The topological polar surface area (TPSA) is 17.1 Å². The second-order valence-corrected chi connectivity index (χ2v) is 4.85. The summed E-state index contributed by atoms with van der Waals surface area (Å²) in [5, 5.41) is 2.50. The maximum atomic E-state index is 11.0. The Labute approximate surface area is 109 Å². The minimum Gasteiger partial charge on any atom is -0.298 e. The number of aryl methyl sites for hydroxylation is 2. The van der Waals surface area contributed by atoms with Crippen molar-refractivity contribution in [2.24, 2.45) is 0 Å². The van der Waals surface area contributed by atoms with Crippen LogP contribution in [0.5, 0.6) is 0 Å². The molecule has 0 atom stereocenters. The quantitative estimate of drug-likeness (QED) is 0.700. The Kier molecular flexibility index (Phi) is 4.14. The molecule has 1 nitrogen and oxygen atoms in total. The molecular formula is C17H20O. The Hall–Kier alpha value is -1.63. The zero-order chi connectivity index (χ0) is 13.0. The van der Waals surface area contributed by atoms with Crippen LogP contribution < -0.4 is 0 Å². The lowest BCUT2D eigenvalue weighted by Gasteiger charge is -2.09. The summed E-state index contributed by atoms with van der Waals surface area (Å²) in [6.07, 6.45) is 5.37. The van der Waals surface area contributed by atoms with Gasteiger partial charge >= 0.3 is 0 Å². The van der Waals surface area contributed by atoms with Crippen LogP contribution in [0.15, 0.2) is 30.3 Å². The summed E-state index contributed by atoms with van der Waals surface area (Å²) in [4.78, 5) is 11.0. The van der Waals surface area contributed by atoms with E-state index in [9.17, 15) is 4.79 Å². The van der Waals surface area contributed by atoms with Crippen molar-refractivity contribution in [3.05, 3.63) is 47.0 Å². The molecule has 0 amide bonds. The third-order valence-electron chi connectivity index (χ3n) is 3.32. The van der Waals surface area contributed by atoms with Gasteiger partial charge in [-0.3, -0.25) is 4.79 Å². The van der Waals surface area contributed by atoms with Crippen molar-refractivity contribution in [2.45, 2.75) is 39.5 Å². The molecule has 0 radical (unpaired) electrons. The highest BCUT2D eigenvalue weighted by Crippen LogP contribution is 2.24. The van der Waals surface area contributed by atoms with Gasteiger partial charge in [0.05, 0.1) is 0 Å². The van der Waals surface area contributed by atoms with Gasteiger partial charge in [0.15, 0.2) is 0 Å². The smallest absolute Gasteiger partial charge is 0.150 e. The highest BCUT2D eigenvalue weighted by Gasteiger charge is 2.04. The zero-order valence-corrected chi connectivity index (χ0v) is 11.2. The molecular weight excluding hydrogens is 220 g/mol. The standard InChI is InChI=1S/C17H20O/c1-3-5-13-7-8-16-10-14(12-18)9-15(6-4-2)17(16)11-13/h7-12H,3-6H2,1-2H3. The number of fused-ring (bicyclic) bond motifs is 1. The van der Waals surface area contributed by atoms with Crippen LogP contribution in [0.1, 0.15) is 48.2 Å². The lowest BCUT2D eigenvalue weighted by molar-refractivity contribution is 0.112. The van der Waals surface area contributed by atoms with E-state index in [0.717, 1.165) is 31.1 Å². The van der Waals surface area contributed by atoms with Gasteiger partial charge in [-0.25, -0.2) is 0 Å². The molecule has 0 unspecified atom stereocenters. The van der Waals surface area contributed by atoms with Gasteiger partial charge in [-0.15, -0.1) is 0 Å². The first kappa shape index (κ1) is 12.8. The summed E-state index contributed by atoms with van der Waals surface area (Å²) in [6, 6.07) is 10.6. The molecule has 2 rings (SSSR count). The molecule has 0 saturated carbocycles. The molecule has 2 aromatic carbocycles. The average molecular weight is 240 g/mol. The van der Waals surface area contributed by atoms with Gasteiger partial charge in [0, 0.05) is 5.56 Å². The summed E-state index contributed by atoms with van der Waals surface area (Å²) in [5.41, 5.74) is 3.48. The Balaban J connectivity index is 2.59. The minimum atomic E-state index is 0.786. The van der Waals surface area contributed by atoms with E-state index in [-0.39, 0.29) is 0 Å². The van der Waals surface area contributed by atoms with Crippen LogP contribution in [0.2, 0.25) is 0 Å². The van der Waals surface area contributed by atoms with E-state index in [2.05, 4.69) is 32.0 Å². The third-order valence-corrected chi connectivity index (χ3v) is 3.32. The van der Waals surface area contributed by atoms with E-state index in [1.54, 1.807) is 0 Å². The Morgan fingerprint density at radius 2 is 1.78 bits per heavy atom. The molecule has 0 saturated heterocycles. The number of benzene rings is 2. The van der Waals surface area contributed by atoms with E-state index in [0.29, 0.717) is 0 Å². The van der Waals surface area contributed by atoms with Crippen LogP contribution in [0.25, 0.3) is 10.8 Å². The van der Waals surface area contributed by atoms with Crippen LogP contribution in [0, 0.1) is 0 Å². The van der Waals surface area contributed by atoms with Crippen LogP contribution >= 0.6 is 0 Å². The first-order valence-electron chi connectivity index (χ1n) is 6.79. The van der Waals surface area contributed by atoms with E-state index in [4.69, 9.17) is 0 Å². The van der Waals surface area contributed by atoms with Crippen molar-refractivity contribution in [1.29, 1.82) is 0 Å². The molecule has 0 aliphatic rings. The summed E-state index contributed by atoms with van der Waals surface area (Å²) in [6.45, 7) is 4.38. The van der Waals surface area contributed by atoms with Gasteiger partial charge in [0.25, 0.3) is 0 Å². The summed E-state index contributed by atoms with van der Waals surface area (Å²) >= 11 is 0. The number of hydrogen-bond donors (Lipinski definition) is 0. The fraction of sp³-hybridized carbons (Fsp3) is 0.353. The van der Waals surface area contributed by atoms with Crippen molar-refractivity contribution in [3.8, 4) is 0 Å². The summed E-state index contributed by atoms with van der Waals surface area (Å²) in [7, 11) is 0. The van der Waals surface area contributed by atoms with Gasteiger partial charge in [-0.05, 0) is 46.9 Å². The second kappa shape index (κ2) is 5.81. The molecule has 0 N–H and O–H groups in total. The summed E-state index contributed by atoms with van der Waals surface area (Å²) < 4.78 is 0. The van der Waals surface area contributed by atoms with E-state index >= 15 is 0 Å². The lowest BCUT2D eigenvalue weighted by atomic mass is 9.95. The predicted molar refractivity (Wildman–Crippen MR) is 77.3 cm³/mol. The average Bonchev–Trinajstić information content (AvgIpc) is 2.39. The van der Waals surface area contributed by atoms with Crippen molar-refractivity contribution in [2.75, 3.05) is 0 Å². The fourth-order valence-corrected chi connectivity index (χ4v) is 2.50. The number of hydrogen-bond acceptors (Lipinski definition) is 1. The number of rotatable bonds is 5. The molecule has 0 aliphatic heterocycles. The largest absolute Gasteiger partial charge is 0.298 e. The first-order chi connectivity index (χ1) is 8.78. The van der Waals surface area contributed by atoms with Crippen molar-refractivity contribution in [3.63, 3.8) is 0 Å². The molecule has 0 bridgehead atoms. The molecule has 0 heterocycles. The van der Waals surface area contributed by atoms with Gasteiger partial charge in [-0.2, -0.15) is 0 Å². The molecule has 1 heteroatoms. The SMILES string of the molecule is CCCc1ccc2cc(C=O)cc(CCC)c2c1. The summed E-state index contributed by atoms with van der Waals surface area (Å²) in [5.74, 6) is 0. The van der Waals surface area contributed by atoms with Gasteiger partial charge in [0.2, 0.25) is 0 Å². The maximum Gasteiger partial charge on any atom is 0.150 e. The maximum absolute atomic E-state index is 11.0.